The van der Waals surface area contributed by atoms with E-state index in [0.29, 0.717) is 22.4 Å². The SMILES string of the molecule is N#C/C(=C\c1ccc(OC(=O)c2cc3c(ccc4ccccc43)oc2=O)cc1)c1nnc2n1CCCCC2. The average molecular weight is 503 g/mol. The van der Waals surface area contributed by atoms with Gasteiger partial charge in [-0.1, -0.05) is 48.9 Å². The van der Waals surface area contributed by atoms with Crippen LogP contribution < -0.4 is 10.4 Å². The molecular formula is C30H22N4O4. The molecule has 0 saturated heterocycles. The summed E-state index contributed by atoms with van der Waals surface area (Å²) in [5.41, 5.74) is 0.611. The Hall–Kier alpha value is -5.03. The summed E-state index contributed by atoms with van der Waals surface area (Å²) in [6.45, 7) is 0.796. The van der Waals surface area contributed by atoms with Gasteiger partial charge in [0.2, 0.25) is 0 Å². The molecule has 8 nitrogen and oxygen atoms in total. The van der Waals surface area contributed by atoms with Crippen molar-refractivity contribution >= 4 is 39.4 Å². The molecular weight excluding hydrogens is 480 g/mol. The summed E-state index contributed by atoms with van der Waals surface area (Å²) in [6.07, 6.45) is 5.82. The molecule has 0 amide bonds. The molecule has 5 aromatic rings. The minimum Gasteiger partial charge on any atom is -0.423 e. The molecule has 0 unspecified atom stereocenters. The minimum atomic E-state index is -0.805. The van der Waals surface area contributed by atoms with Gasteiger partial charge in [-0.05, 0) is 59.5 Å². The standard InChI is InChI=1S/C30H22N4O4/c31-18-21(28-33-32-27-8-2-1-5-15-34(27)28)16-19-9-12-22(13-10-19)37-29(35)25-17-24-23-7-4-3-6-20(23)11-14-26(24)38-30(25)36/h3-4,6-7,9-14,16-17H,1-2,5,8,15H2/b21-16+. The largest absolute Gasteiger partial charge is 0.423 e. The number of esters is 1. The second-order valence-electron chi connectivity index (χ2n) is 9.18. The molecule has 0 N–H and O–H groups in total. The van der Waals surface area contributed by atoms with Crippen molar-refractivity contribution in [3.63, 3.8) is 0 Å². The first kappa shape index (κ1) is 23.4. The Morgan fingerprint density at radius 3 is 2.68 bits per heavy atom. The summed E-state index contributed by atoms with van der Waals surface area (Å²) < 4.78 is 12.9. The molecule has 0 aliphatic carbocycles. The van der Waals surface area contributed by atoms with Gasteiger partial charge in [-0.25, -0.2) is 9.59 Å². The lowest BCUT2D eigenvalue weighted by Crippen LogP contribution is -2.18. The number of nitriles is 1. The van der Waals surface area contributed by atoms with Gasteiger partial charge in [0, 0.05) is 18.4 Å². The highest BCUT2D eigenvalue weighted by Crippen LogP contribution is 2.26. The molecule has 0 fully saturated rings. The third-order valence-electron chi connectivity index (χ3n) is 6.73. The second kappa shape index (κ2) is 9.79. The number of aryl methyl sites for hydroxylation is 1. The lowest BCUT2D eigenvalue weighted by atomic mass is 10.0. The van der Waals surface area contributed by atoms with Gasteiger partial charge in [0.25, 0.3) is 0 Å². The van der Waals surface area contributed by atoms with Crippen LogP contribution in [0.5, 0.6) is 5.75 Å². The van der Waals surface area contributed by atoms with E-state index in [2.05, 4.69) is 16.3 Å². The fraction of sp³-hybridized carbons (Fsp3) is 0.167. The number of hydrogen-bond donors (Lipinski definition) is 0. The fourth-order valence-corrected chi connectivity index (χ4v) is 4.81. The number of benzene rings is 3. The molecule has 3 aromatic carbocycles. The van der Waals surface area contributed by atoms with Crippen LogP contribution in [0.4, 0.5) is 0 Å². The zero-order valence-corrected chi connectivity index (χ0v) is 20.4. The molecule has 0 atom stereocenters. The van der Waals surface area contributed by atoms with E-state index in [1.54, 1.807) is 36.4 Å². The van der Waals surface area contributed by atoms with Crippen LogP contribution in [0.2, 0.25) is 0 Å². The fourth-order valence-electron chi connectivity index (χ4n) is 4.81. The highest BCUT2D eigenvalue weighted by atomic mass is 16.5. The maximum Gasteiger partial charge on any atom is 0.351 e. The van der Waals surface area contributed by atoms with Crippen LogP contribution in [0, 0.1) is 11.3 Å². The number of allylic oxidation sites excluding steroid dienone is 1. The number of hydrogen-bond acceptors (Lipinski definition) is 7. The van der Waals surface area contributed by atoms with E-state index in [0.717, 1.165) is 54.4 Å². The molecule has 1 aliphatic rings. The highest BCUT2D eigenvalue weighted by Gasteiger charge is 2.19. The topological polar surface area (TPSA) is 111 Å². The summed E-state index contributed by atoms with van der Waals surface area (Å²) in [4.78, 5) is 25.4. The van der Waals surface area contributed by atoms with Gasteiger partial charge < -0.3 is 13.7 Å². The Bertz CT molecular complexity index is 1820. The van der Waals surface area contributed by atoms with Crippen molar-refractivity contribution in [3.8, 4) is 11.8 Å². The normalized spacial score (nSPS) is 13.6. The van der Waals surface area contributed by atoms with Crippen LogP contribution in [-0.4, -0.2) is 20.7 Å². The van der Waals surface area contributed by atoms with Crippen molar-refractivity contribution in [2.24, 2.45) is 0 Å². The Morgan fingerprint density at radius 2 is 1.84 bits per heavy atom. The first-order valence-corrected chi connectivity index (χ1v) is 12.4. The summed E-state index contributed by atoms with van der Waals surface area (Å²) in [5.74, 6) is 0.933. The first-order chi connectivity index (χ1) is 18.6. The van der Waals surface area contributed by atoms with Gasteiger partial charge in [-0.15, -0.1) is 10.2 Å². The Kier molecular flexibility index (Phi) is 6.02. The van der Waals surface area contributed by atoms with Gasteiger partial charge >= 0.3 is 11.6 Å². The summed E-state index contributed by atoms with van der Waals surface area (Å²) in [7, 11) is 0. The third kappa shape index (κ3) is 4.35. The molecule has 3 heterocycles. The molecule has 1 aliphatic heterocycles. The van der Waals surface area contributed by atoms with Crippen LogP contribution >= 0.6 is 0 Å². The van der Waals surface area contributed by atoms with E-state index in [1.807, 2.05) is 34.9 Å². The van der Waals surface area contributed by atoms with Crippen LogP contribution in [-0.2, 0) is 13.0 Å². The minimum absolute atomic E-state index is 0.183. The van der Waals surface area contributed by atoms with E-state index in [9.17, 15) is 14.9 Å². The van der Waals surface area contributed by atoms with Crippen LogP contribution in [0.3, 0.4) is 0 Å². The Morgan fingerprint density at radius 1 is 1.00 bits per heavy atom. The first-order valence-electron chi connectivity index (χ1n) is 12.4. The van der Waals surface area contributed by atoms with Gasteiger partial charge in [0.15, 0.2) is 5.82 Å². The molecule has 38 heavy (non-hydrogen) atoms. The number of carbonyl (C=O) groups is 1. The maximum atomic E-state index is 12.9. The van der Waals surface area contributed by atoms with Crippen LogP contribution in [0.25, 0.3) is 33.4 Å². The number of fused-ring (bicyclic) bond motifs is 4. The predicted octanol–water partition coefficient (Wildman–Crippen LogP) is 5.55. The van der Waals surface area contributed by atoms with E-state index < -0.39 is 11.6 Å². The van der Waals surface area contributed by atoms with E-state index in [-0.39, 0.29) is 11.3 Å². The number of rotatable bonds is 4. The zero-order valence-electron chi connectivity index (χ0n) is 20.4. The molecule has 0 saturated carbocycles. The van der Waals surface area contributed by atoms with Crippen molar-refractivity contribution in [1.82, 2.24) is 14.8 Å². The van der Waals surface area contributed by atoms with Gasteiger partial charge in [-0.3, -0.25) is 0 Å². The summed E-state index contributed by atoms with van der Waals surface area (Å²) in [5, 5.41) is 20.8. The van der Waals surface area contributed by atoms with Gasteiger partial charge in [0.1, 0.15) is 28.8 Å². The molecule has 6 rings (SSSR count). The van der Waals surface area contributed by atoms with Gasteiger partial charge in [-0.2, -0.15) is 5.26 Å². The molecule has 2 aromatic heterocycles. The van der Waals surface area contributed by atoms with Crippen LogP contribution in [0.15, 0.2) is 75.9 Å². The average Bonchev–Trinajstić information content (AvgIpc) is 3.19. The Balaban J connectivity index is 1.25. The molecule has 186 valence electrons. The molecule has 0 spiro atoms. The molecule has 8 heteroatoms. The zero-order chi connectivity index (χ0) is 26.1. The van der Waals surface area contributed by atoms with Crippen molar-refractivity contribution in [3.05, 3.63) is 99.9 Å². The highest BCUT2D eigenvalue weighted by molar-refractivity contribution is 6.07. The lowest BCUT2D eigenvalue weighted by molar-refractivity contribution is 0.0730. The van der Waals surface area contributed by atoms with E-state index in [4.69, 9.17) is 9.15 Å². The van der Waals surface area contributed by atoms with Crippen molar-refractivity contribution in [1.29, 1.82) is 5.26 Å². The van der Waals surface area contributed by atoms with Crippen molar-refractivity contribution < 1.29 is 13.9 Å². The molecule has 0 bridgehead atoms. The smallest absolute Gasteiger partial charge is 0.351 e. The lowest BCUT2D eigenvalue weighted by Gasteiger charge is -2.07. The van der Waals surface area contributed by atoms with Crippen LogP contribution in [0.1, 0.15) is 46.8 Å². The summed E-state index contributed by atoms with van der Waals surface area (Å²) >= 11 is 0. The number of aromatic nitrogens is 3. The maximum absolute atomic E-state index is 12.9. The van der Waals surface area contributed by atoms with E-state index >= 15 is 0 Å². The van der Waals surface area contributed by atoms with Gasteiger partial charge in [0.05, 0.1) is 5.57 Å². The second-order valence-corrected chi connectivity index (χ2v) is 9.18. The number of nitrogens with zero attached hydrogens (tertiary/aromatic N) is 4. The summed E-state index contributed by atoms with van der Waals surface area (Å²) in [6, 6.07) is 21.7. The van der Waals surface area contributed by atoms with Crippen molar-refractivity contribution in [2.75, 3.05) is 0 Å². The van der Waals surface area contributed by atoms with E-state index in [1.165, 1.54) is 6.07 Å². The number of carbonyl (C=O) groups excluding carboxylic acids is 1. The quantitative estimate of drug-likeness (QED) is 0.104. The predicted molar refractivity (Wildman–Crippen MR) is 142 cm³/mol. The van der Waals surface area contributed by atoms with Crippen molar-refractivity contribution in [2.45, 2.75) is 32.2 Å². The monoisotopic (exact) mass is 502 g/mol. The third-order valence-corrected chi connectivity index (χ3v) is 6.73. The molecule has 0 radical (unpaired) electrons. The Labute approximate surface area is 217 Å². The number of ether oxygens (including phenoxy) is 1.